The van der Waals surface area contributed by atoms with E-state index in [0.717, 1.165) is 48.6 Å². The molecule has 0 bridgehead atoms. The molecule has 3 aromatic rings. The van der Waals surface area contributed by atoms with Gasteiger partial charge in [-0.3, -0.25) is 9.69 Å². The van der Waals surface area contributed by atoms with E-state index in [-0.39, 0.29) is 17.2 Å². The molecule has 4 rings (SSSR count). The Hall–Kier alpha value is -2.06. The van der Waals surface area contributed by atoms with Gasteiger partial charge in [-0.05, 0) is 54.6 Å². The number of rotatable bonds is 9. The average Bonchev–Trinajstić information content (AvgIpc) is 3.34. The largest absolute Gasteiger partial charge is 0.355 e. The third-order valence-electron chi connectivity index (χ3n) is 6.65. The van der Waals surface area contributed by atoms with Gasteiger partial charge in [-0.1, -0.05) is 79.5 Å². The molecule has 1 amide bonds. The Morgan fingerprint density at radius 1 is 1.11 bits per heavy atom. The van der Waals surface area contributed by atoms with Crippen LogP contribution >= 0.6 is 35.0 Å². The van der Waals surface area contributed by atoms with Crippen molar-refractivity contribution in [2.45, 2.75) is 51.3 Å². The lowest BCUT2D eigenvalue weighted by Gasteiger charge is -2.30. The van der Waals surface area contributed by atoms with Crippen molar-refractivity contribution in [1.29, 1.82) is 0 Å². The number of likely N-dealkylation sites (tertiary alicyclic amines) is 1. The number of thioether (sulfide) groups is 1. The van der Waals surface area contributed by atoms with Gasteiger partial charge < -0.3 is 9.84 Å². The van der Waals surface area contributed by atoms with Gasteiger partial charge in [0.25, 0.3) is 0 Å². The minimum Gasteiger partial charge on any atom is -0.355 e. The maximum Gasteiger partial charge on any atom is 0.241 e. The number of hydrogen-bond donors (Lipinski definition) is 1. The van der Waals surface area contributed by atoms with Gasteiger partial charge in [0.15, 0.2) is 0 Å². The van der Waals surface area contributed by atoms with Crippen molar-refractivity contribution in [2.24, 2.45) is 5.92 Å². The highest BCUT2D eigenvalue weighted by Gasteiger charge is 2.26. The lowest BCUT2D eigenvalue weighted by atomic mass is 9.87. The van der Waals surface area contributed by atoms with Crippen LogP contribution in [0, 0.1) is 5.92 Å². The fourth-order valence-electron chi connectivity index (χ4n) is 4.34. The summed E-state index contributed by atoms with van der Waals surface area (Å²) in [4.78, 5) is 19.5. The summed E-state index contributed by atoms with van der Waals surface area (Å²) in [5, 5.41) is 8.62. The van der Waals surface area contributed by atoms with Crippen LogP contribution in [0.15, 0.2) is 47.0 Å². The van der Waals surface area contributed by atoms with Gasteiger partial charge in [0.1, 0.15) is 0 Å². The minimum absolute atomic E-state index is 0.0406. The molecule has 0 aliphatic carbocycles. The van der Waals surface area contributed by atoms with Crippen molar-refractivity contribution in [3.8, 4) is 11.4 Å². The molecule has 2 heterocycles. The van der Waals surface area contributed by atoms with E-state index in [1.54, 1.807) is 11.8 Å². The molecule has 2 aromatic carbocycles. The highest BCUT2D eigenvalue weighted by molar-refractivity contribution is 7.98. The summed E-state index contributed by atoms with van der Waals surface area (Å²) in [5.41, 5.74) is 3.27. The summed E-state index contributed by atoms with van der Waals surface area (Å²) in [6.07, 6.45) is 1.65. The molecule has 0 unspecified atom stereocenters. The maximum atomic E-state index is 12.6. The Balaban J connectivity index is 1.16. The number of carbonyl (C=O) groups excluding carboxylic acids is 1. The zero-order valence-corrected chi connectivity index (χ0v) is 23.9. The number of piperidine rings is 1. The number of halogens is 2. The first kappa shape index (κ1) is 28.0. The molecule has 37 heavy (non-hydrogen) atoms. The molecular formula is C28H34Cl2N4O2S. The van der Waals surface area contributed by atoms with Crippen LogP contribution in [0.4, 0.5) is 0 Å². The Labute approximate surface area is 233 Å². The van der Waals surface area contributed by atoms with Gasteiger partial charge in [-0.2, -0.15) is 16.7 Å². The lowest BCUT2D eigenvalue weighted by Crippen LogP contribution is -2.40. The fraction of sp³-hybridized carbons (Fsp3) is 0.464. The normalized spacial score (nSPS) is 15.2. The van der Waals surface area contributed by atoms with Crippen LogP contribution < -0.4 is 5.32 Å². The van der Waals surface area contributed by atoms with Gasteiger partial charge in [0.05, 0.1) is 6.54 Å². The summed E-state index contributed by atoms with van der Waals surface area (Å²) in [6.45, 7) is 9.48. The zero-order valence-electron chi connectivity index (χ0n) is 21.6. The lowest BCUT2D eigenvalue weighted by molar-refractivity contribution is -0.126. The number of aromatic nitrogens is 2. The monoisotopic (exact) mass is 560 g/mol. The number of nitrogens with one attached hydrogen (secondary N) is 1. The first-order chi connectivity index (χ1) is 17.7. The Kier molecular flexibility index (Phi) is 9.57. The van der Waals surface area contributed by atoms with Gasteiger partial charge in [-0.15, -0.1) is 0 Å². The Bertz CT molecular complexity index is 1170. The van der Waals surface area contributed by atoms with Gasteiger partial charge in [-0.25, -0.2) is 0 Å². The van der Waals surface area contributed by atoms with E-state index in [9.17, 15) is 4.79 Å². The second-order valence-corrected chi connectivity index (χ2v) is 12.4. The van der Waals surface area contributed by atoms with E-state index in [2.05, 4.69) is 53.3 Å². The fourth-order valence-corrected chi connectivity index (χ4v) is 5.93. The molecule has 0 atom stereocenters. The predicted molar refractivity (Wildman–Crippen MR) is 152 cm³/mol. The second kappa shape index (κ2) is 12.7. The van der Waals surface area contributed by atoms with Crippen LogP contribution in [-0.2, 0) is 22.5 Å². The van der Waals surface area contributed by atoms with Gasteiger partial charge in [0, 0.05) is 39.6 Å². The number of nitrogens with zero attached hydrogens (tertiary/aromatic N) is 3. The summed E-state index contributed by atoms with van der Waals surface area (Å²) >= 11 is 14.2. The summed E-state index contributed by atoms with van der Waals surface area (Å²) < 4.78 is 5.52. The first-order valence-electron chi connectivity index (χ1n) is 12.6. The molecule has 1 aromatic heterocycles. The minimum atomic E-state index is 0.0406. The molecular weight excluding hydrogens is 527 g/mol. The second-order valence-electron chi connectivity index (χ2n) is 10.4. The van der Waals surface area contributed by atoms with Crippen molar-refractivity contribution >= 4 is 40.9 Å². The molecule has 198 valence electrons. The molecule has 0 spiro atoms. The van der Waals surface area contributed by atoms with Crippen LogP contribution in [0.3, 0.4) is 0 Å². The van der Waals surface area contributed by atoms with E-state index in [1.165, 1.54) is 5.56 Å². The van der Waals surface area contributed by atoms with Gasteiger partial charge in [0.2, 0.25) is 17.6 Å². The molecule has 6 nitrogen and oxygen atoms in total. The highest BCUT2D eigenvalue weighted by atomic mass is 35.5. The number of carbonyl (C=O) groups is 1. The van der Waals surface area contributed by atoms with E-state index in [1.807, 2.05) is 30.3 Å². The molecule has 1 aliphatic rings. The quantitative estimate of drug-likeness (QED) is 0.297. The molecule has 0 radical (unpaired) electrons. The van der Waals surface area contributed by atoms with Crippen molar-refractivity contribution in [3.05, 3.63) is 69.5 Å². The third-order valence-corrected chi connectivity index (χ3v) is 8.34. The Morgan fingerprint density at radius 2 is 1.78 bits per heavy atom. The zero-order chi connectivity index (χ0) is 26.4. The van der Waals surface area contributed by atoms with Crippen LogP contribution in [0.2, 0.25) is 10.0 Å². The standard InChI is InChI=1S/C28H34Cl2N4O2S/c1-28(2,3)21-9-7-19(8-10-21)26-32-25(36-33-26)17-34-14-11-20(12-15-34)27(35)31-13-16-37-18-22-23(29)5-4-6-24(22)30/h4-10,20H,11-18H2,1-3H3,(H,31,35). The molecule has 1 N–H and O–H groups in total. The summed E-state index contributed by atoms with van der Waals surface area (Å²) in [5.74, 6) is 2.93. The first-order valence-corrected chi connectivity index (χ1v) is 14.6. The predicted octanol–water partition coefficient (Wildman–Crippen LogP) is 6.60. The maximum absolute atomic E-state index is 12.6. The van der Waals surface area contributed by atoms with Crippen LogP contribution in [0.5, 0.6) is 0 Å². The molecule has 9 heteroatoms. The van der Waals surface area contributed by atoms with Crippen LogP contribution in [0.1, 0.15) is 50.6 Å². The number of benzene rings is 2. The average molecular weight is 562 g/mol. The van der Waals surface area contributed by atoms with E-state index < -0.39 is 0 Å². The molecule has 1 saturated heterocycles. The van der Waals surface area contributed by atoms with E-state index in [4.69, 9.17) is 27.7 Å². The van der Waals surface area contributed by atoms with Gasteiger partial charge >= 0.3 is 0 Å². The SMILES string of the molecule is CC(C)(C)c1ccc(-c2noc(CN3CCC(C(=O)NCCSCc4c(Cl)cccc4Cl)CC3)n2)cc1. The smallest absolute Gasteiger partial charge is 0.241 e. The molecule has 0 saturated carbocycles. The molecule has 1 fully saturated rings. The third kappa shape index (κ3) is 7.73. The van der Waals surface area contributed by atoms with Crippen molar-refractivity contribution < 1.29 is 9.32 Å². The van der Waals surface area contributed by atoms with Crippen molar-refractivity contribution in [3.63, 3.8) is 0 Å². The van der Waals surface area contributed by atoms with Crippen molar-refractivity contribution in [2.75, 3.05) is 25.4 Å². The summed E-state index contributed by atoms with van der Waals surface area (Å²) in [6, 6.07) is 13.9. The number of amides is 1. The molecule has 1 aliphatic heterocycles. The highest BCUT2D eigenvalue weighted by Crippen LogP contribution is 2.28. The van der Waals surface area contributed by atoms with Crippen LogP contribution in [0.25, 0.3) is 11.4 Å². The summed E-state index contributed by atoms with van der Waals surface area (Å²) in [7, 11) is 0. The Morgan fingerprint density at radius 3 is 2.43 bits per heavy atom. The van der Waals surface area contributed by atoms with Crippen molar-refractivity contribution in [1.82, 2.24) is 20.4 Å². The van der Waals surface area contributed by atoms with E-state index in [0.29, 0.717) is 34.8 Å². The van der Waals surface area contributed by atoms with Crippen LogP contribution in [-0.4, -0.2) is 46.3 Å². The number of hydrogen-bond acceptors (Lipinski definition) is 6. The van der Waals surface area contributed by atoms with E-state index >= 15 is 0 Å². The topological polar surface area (TPSA) is 71.3 Å².